The zero-order valence-electron chi connectivity index (χ0n) is 19.2. The van der Waals surface area contributed by atoms with Crippen molar-refractivity contribution in [2.45, 2.75) is 34.2 Å². The summed E-state index contributed by atoms with van der Waals surface area (Å²) in [5, 5.41) is 14.6. The zero-order valence-corrected chi connectivity index (χ0v) is 19.2. The maximum atomic E-state index is 5.68. The molecule has 0 fully saturated rings. The van der Waals surface area contributed by atoms with Crippen molar-refractivity contribution < 1.29 is 9.47 Å². The van der Waals surface area contributed by atoms with E-state index < -0.39 is 0 Å². The molecule has 32 heavy (non-hydrogen) atoms. The molecule has 0 aliphatic rings. The van der Waals surface area contributed by atoms with Crippen LogP contribution >= 0.6 is 0 Å². The lowest BCUT2D eigenvalue weighted by Gasteiger charge is -2.15. The fourth-order valence-electron chi connectivity index (χ4n) is 4.32. The number of aryl methyl sites for hydroxylation is 4. The van der Waals surface area contributed by atoms with E-state index in [-0.39, 0.29) is 6.73 Å². The van der Waals surface area contributed by atoms with E-state index >= 15 is 0 Å². The summed E-state index contributed by atoms with van der Waals surface area (Å²) in [6.07, 6.45) is 0. The van der Waals surface area contributed by atoms with Gasteiger partial charge in [-0.25, -0.2) is 0 Å². The molecule has 0 saturated carbocycles. The Labute approximate surface area is 188 Å². The summed E-state index contributed by atoms with van der Waals surface area (Å²) in [5.74, 6) is 2.14. The first-order valence-corrected chi connectivity index (χ1v) is 10.6. The molecule has 0 atom stereocenters. The SMILES string of the molecule is COc1cc(OCN)ccc1-n1c(C)c2c(C)nnc(NCc3cccc(C)c3)c2c1C. The van der Waals surface area contributed by atoms with E-state index in [0.717, 1.165) is 39.4 Å². The number of rotatable bonds is 7. The second-order valence-corrected chi connectivity index (χ2v) is 7.88. The fraction of sp³-hybridized carbons (Fsp3) is 0.280. The summed E-state index contributed by atoms with van der Waals surface area (Å²) < 4.78 is 13.3. The minimum Gasteiger partial charge on any atom is -0.494 e. The summed E-state index contributed by atoms with van der Waals surface area (Å²) in [5.41, 5.74) is 11.9. The van der Waals surface area contributed by atoms with Crippen LogP contribution in [0.25, 0.3) is 16.5 Å². The molecule has 0 spiro atoms. The third-order valence-electron chi connectivity index (χ3n) is 5.73. The molecule has 7 heteroatoms. The second-order valence-electron chi connectivity index (χ2n) is 7.88. The highest BCUT2D eigenvalue weighted by molar-refractivity contribution is 5.98. The Balaban J connectivity index is 1.82. The molecule has 0 unspecified atom stereocenters. The Morgan fingerprint density at radius 1 is 0.969 bits per heavy atom. The van der Waals surface area contributed by atoms with Crippen LogP contribution in [0, 0.1) is 27.7 Å². The van der Waals surface area contributed by atoms with Crippen molar-refractivity contribution in [2.75, 3.05) is 19.2 Å². The van der Waals surface area contributed by atoms with Crippen LogP contribution in [-0.4, -0.2) is 28.6 Å². The normalized spacial score (nSPS) is 11.1. The summed E-state index contributed by atoms with van der Waals surface area (Å²) >= 11 is 0. The lowest BCUT2D eigenvalue weighted by molar-refractivity contribution is 0.326. The largest absolute Gasteiger partial charge is 0.494 e. The molecule has 0 amide bonds. The van der Waals surface area contributed by atoms with Crippen molar-refractivity contribution in [2.24, 2.45) is 5.73 Å². The molecular formula is C25H29N5O2. The van der Waals surface area contributed by atoms with E-state index in [9.17, 15) is 0 Å². The quantitative estimate of drug-likeness (QED) is 0.417. The van der Waals surface area contributed by atoms with Crippen LogP contribution in [0.5, 0.6) is 11.5 Å². The topological polar surface area (TPSA) is 87.2 Å². The van der Waals surface area contributed by atoms with Crippen LogP contribution in [0.2, 0.25) is 0 Å². The Hall–Kier alpha value is -3.58. The second kappa shape index (κ2) is 8.88. The number of hydrogen-bond donors (Lipinski definition) is 2. The van der Waals surface area contributed by atoms with Crippen LogP contribution in [0.4, 0.5) is 5.82 Å². The molecule has 0 aliphatic heterocycles. The summed E-state index contributed by atoms with van der Waals surface area (Å²) in [4.78, 5) is 0. The van der Waals surface area contributed by atoms with E-state index in [4.69, 9.17) is 15.2 Å². The number of aromatic nitrogens is 3. The molecule has 2 aromatic carbocycles. The van der Waals surface area contributed by atoms with Gasteiger partial charge in [0, 0.05) is 34.8 Å². The van der Waals surface area contributed by atoms with Crippen molar-refractivity contribution in [1.82, 2.24) is 14.8 Å². The Kier molecular flexibility index (Phi) is 6.01. The smallest absolute Gasteiger partial charge is 0.158 e. The van der Waals surface area contributed by atoms with Crippen molar-refractivity contribution in [3.63, 3.8) is 0 Å². The average Bonchev–Trinajstić information content (AvgIpc) is 3.05. The third kappa shape index (κ3) is 3.87. The van der Waals surface area contributed by atoms with Gasteiger partial charge in [0.2, 0.25) is 0 Å². The average molecular weight is 432 g/mol. The molecule has 0 aliphatic carbocycles. The van der Waals surface area contributed by atoms with E-state index in [1.807, 2.05) is 25.1 Å². The molecular weight excluding hydrogens is 402 g/mol. The maximum absolute atomic E-state index is 5.68. The van der Waals surface area contributed by atoms with Gasteiger partial charge in [0.15, 0.2) is 5.82 Å². The zero-order chi connectivity index (χ0) is 22.8. The molecule has 0 bridgehead atoms. The predicted molar refractivity (Wildman–Crippen MR) is 128 cm³/mol. The lowest BCUT2D eigenvalue weighted by atomic mass is 10.1. The third-order valence-corrected chi connectivity index (χ3v) is 5.73. The first kappa shape index (κ1) is 21.6. The van der Waals surface area contributed by atoms with E-state index in [1.54, 1.807) is 7.11 Å². The molecule has 4 rings (SSSR count). The Morgan fingerprint density at radius 3 is 2.47 bits per heavy atom. The van der Waals surface area contributed by atoms with E-state index in [0.29, 0.717) is 18.0 Å². The summed E-state index contributed by atoms with van der Waals surface area (Å²) in [7, 11) is 1.65. The molecule has 2 heterocycles. The van der Waals surface area contributed by atoms with Crippen LogP contribution in [0.1, 0.15) is 28.2 Å². The van der Waals surface area contributed by atoms with Crippen molar-refractivity contribution in [1.29, 1.82) is 0 Å². The highest BCUT2D eigenvalue weighted by atomic mass is 16.5. The fourth-order valence-corrected chi connectivity index (χ4v) is 4.32. The number of fused-ring (bicyclic) bond motifs is 1. The number of methoxy groups -OCH3 is 1. The van der Waals surface area contributed by atoms with Gasteiger partial charge in [-0.3, -0.25) is 5.73 Å². The summed E-state index contributed by atoms with van der Waals surface area (Å²) in [6.45, 7) is 9.06. The highest BCUT2D eigenvalue weighted by Crippen LogP contribution is 2.37. The van der Waals surface area contributed by atoms with Crippen molar-refractivity contribution in [3.8, 4) is 17.2 Å². The minimum atomic E-state index is 0.112. The number of ether oxygens (including phenoxy) is 2. The molecule has 166 valence electrons. The first-order chi connectivity index (χ1) is 15.4. The molecule has 7 nitrogen and oxygen atoms in total. The van der Waals surface area contributed by atoms with Crippen molar-refractivity contribution >= 4 is 16.6 Å². The van der Waals surface area contributed by atoms with Crippen molar-refractivity contribution in [3.05, 3.63) is 70.7 Å². The number of nitrogens with one attached hydrogen (secondary N) is 1. The molecule has 0 radical (unpaired) electrons. The first-order valence-electron chi connectivity index (χ1n) is 10.6. The van der Waals surface area contributed by atoms with Crippen LogP contribution in [-0.2, 0) is 6.54 Å². The number of nitrogens with zero attached hydrogens (tertiary/aromatic N) is 3. The predicted octanol–water partition coefficient (Wildman–Crippen LogP) is 4.57. The van der Waals surface area contributed by atoms with Gasteiger partial charge in [-0.15, -0.1) is 5.10 Å². The number of nitrogens with two attached hydrogens (primary N) is 1. The molecule has 2 aromatic heterocycles. The van der Waals surface area contributed by atoms with Gasteiger partial charge < -0.3 is 19.4 Å². The van der Waals surface area contributed by atoms with Gasteiger partial charge in [-0.05, 0) is 45.4 Å². The number of anilines is 1. The highest BCUT2D eigenvalue weighted by Gasteiger charge is 2.21. The van der Waals surface area contributed by atoms with Gasteiger partial charge in [-0.2, -0.15) is 5.10 Å². The standard InChI is InChI=1S/C25H29N5O2/c1-15-7-6-8-19(11-15)13-27-25-24-18(4)30(17(3)23(24)16(2)28-29-25)21-10-9-20(32-14-26)12-22(21)31-5/h6-12H,13-14,26H2,1-5H3,(H,27,29). The molecule has 4 aromatic rings. The molecule has 3 N–H and O–H groups in total. The van der Waals surface area contributed by atoms with Crippen LogP contribution in [0.15, 0.2) is 42.5 Å². The Morgan fingerprint density at radius 2 is 1.75 bits per heavy atom. The van der Waals surface area contributed by atoms with Gasteiger partial charge in [0.25, 0.3) is 0 Å². The van der Waals surface area contributed by atoms with Crippen LogP contribution in [0.3, 0.4) is 0 Å². The Bertz CT molecular complexity index is 1280. The van der Waals surface area contributed by atoms with Crippen LogP contribution < -0.4 is 20.5 Å². The minimum absolute atomic E-state index is 0.112. The number of benzene rings is 2. The molecule has 0 saturated heterocycles. The van der Waals surface area contributed by atoms with E-state index in [2.05, 4.69) is 65.1 Å². The van der Waals surface area contributed by atoms with Gasteiger partial charge in [0.1, 0.15) is 18.2 Å². The van der Waals surface area contributed by atoms with Gasteiger partial charge in [-0.1, -0.05) is 29.8 Å². The van der Waals surface area contributed by atoms with Gasteiger partial charge >= 0.3 is 0 Å². The number of hydrogen-bond acceptors (Lipinski definition) is 6. The van der Waals surface area contributed by atoms with Gasteiger partial charge in [0.05, 0.1) is 18.5 Å². The summed E-state index contributed by atoms with van der Waals surface area (Å²) in [6, 6.07) is 14.2. The monoisotopic (exact) mass is 431 g/mol. The lowest BCUT2D eigenvalue weighted by Crippen LogP contribution is -2.08. The maximum Gasteiger partial charge on any atom is 0.158 e. The van der Waals surface area contributed by atoms with E-state index in [1.165, 1.54) is 11.1 Å².